The standard InChI is InChI=1S/C22H22N6O6/c1-26-10-13-8-12(6-7-14(13)23-16(22(26)32)9-19(29)30)21(31)27(2)11-18-24-15-4-3-5-17(28(33)34)20(15)25-18/h3-8,16,23H,9-11H2,1-2H3,(H,24,25)(H,29,30)/t16-/m0/s1. The molecule has 0 bridgehead atoms. The van der Waals surface area contributed by atoms with Crippen molar-refractivity contribution in [2.75, 3.05) is 19.4 Å². The number of nitro benzene ring substituents is 1. The van der Waals surface area contributed by atoms with Crippen molar-refractivity contribution in [2.24, 2.45) is 0 Å². The average molecular weight is 466 g/mol. The first-order valence-corrected chi connectivity index (χ1v) is 10.4. The number of nitro groups is 1. The zero-order chi connectivity index (χ0) is 24.6. The number of imidazole rings is 1. The zero-order valence-corrected chi connectivity index (χ0v) is 18.4. The van der Waals surface area contributed by atoms with Crippen LogP contribution in [0, 0.1) is 10.1 Å². The van der Waals surface area contributed by atoms with Crippen LogP contribution in [0.25, 0.3) is 11.0 Å². The van der Waals surface area contributed by atoms with Gasteiger partial charge in [-0.1, -0.05) is 6.07 Å². The quantitative estimate of drug-likeness (QED) is 0.367. The second-order valence-electron chi connectivity index (χ2n) is 8.14. The van der Waals surface area contributed by atoms with Crippen LogP contribution in [0.4, 0.5) is 11.4 Å². The Morgan fingerprint density at radius 2 is 2.09 bits per heavy atom. The molecule has 0 saturated heterocycles. The first-order valence-electron chi connectivity index (χ1n) is 10.4. The molecule has 2 amide bonds. The van der Waals surface area contributed by atoms with Crippen LogP contribution in [0.15, 0.2) is 36.4 Å². The SMILES string of the molecule is CN(Cc1nc2c([N+](=O)[O-])cccc2[nH]1)C(=O)c1ccc2c(c1)CN(C)C(=O)[C@H](CC(=O)O)N2. The van der Waals surface area contributed by atoms with Crippen LogP contribution in [-0.4, -0.2) is 67.7 Å². The molecule has 0 spiro atoms. The van der Waals surface area contributed by atoms with E-state index in [9.17, 15) is 24.5 Å². The number of carboxylic acids is 1. The molecule has 1 atom stereocenters. The number of aromatic nitrogens is 2. The fraction of sp³-hybridized carbons (Fsp3) is 0.273. The number of H-pyrrole nitrogens is 1. The maximum Gasteiger partial charge on any atom is 0.305 e. The summed E-state index contributed by atoms with van der Waals surface area (Å²) in [7, 11) is 3.17. The van der Waals surface area contributed by atoms with E-state index in [-0.39, 0.29) is 42.5 Å². The lowest BCUT2D eigenvalue weighted by molar-refractivity contribution is -0.383. The number of nitrogens with zero attached hydrogens (tertiary/aromatic N) is 4. The normalized spacial score (nSPS) is 15.4. The van der Waals surface area contributed by atoms with Gasteiger partial charge in [-0.15, -0.1) is 0 Å². The Hall–Kier alpha value is -4.48. The lowest BCUT2D eigenvalue weighted by Gasteiger charge is -2.19. The molecule has 3 aromatic rings. The third-order valence-electron chi connectivity index (χ3n) is 5.61. The van der Waals surface area contributed by atoms with Crippen LogP contribution in [0.2, 0.25) is 0 Å². The number of likely N-dealkylation sites (N-methyl/N-ethyl adjacent to an activating group) is 1. The maximum absolute atomic E-state index is 13.1. The molecule has 4 rings (SSSR count). The van der Waals surface area contributed by atoms with Gasteiger partial charge in [0.15, 0.2) is 5.52 Å². The highest BCUT2D eigenvalue weighted by molar-refractivity contribution is 5.96. The molecule has 2 aromatic carbocycles. The Kier molecular flexibility index (Phi) is 5.88. The molecule has 0 aliphatic carbocycles. The number of aromatic amines is 1. The number of carbonyl (C=O) groups is 3. The third-order valence-corrected chi connectivity index (χ3v) is 5.61. The van der Waals surface area contributed by atoms with Crippen molar-refractivity contribution in [3.05, 3.63) is 63.5 Å². The van der Waals surface area contributed by atoms with Gasteiger partial charge in [0, 0.05) is 38.0 Å². The Bertz CT molecular complexity index is 1320. The first-order chi connectivity index (χ1) is 16.1. The largest absolute Gasteiger partial charge is 0.481 e. The van der Waals surface area contributed by atoms with Gasteiger partial charge < -0.3 is 25.2 Å². The van der Waals surface area contributed by atoms with E-state index in [1.807, 2.05) is 0 Å². The van der Waals surface area contributed by atoms with E-state index < -0.39 is 16.9 Å². The number of para-hydroxylation sites is 1. The molecule has 12 heteroatoms. The van der Waals surface area contributed by atoms with Crippen LogP contribution in [0.1, 0.15) is 28.2 Å². The number of rotatable bonds is 6. The van der Waals surface area contributed by atoms with Crippen LogP contribution in [0.5, 0.6) is 0 Å². The highest BCUT2D eigenvalue weighted by atomic mass is 16.6. The van der Waals surface area contributed by atoms with Crippen LogP contribution < -0.4 is 5.32 Å². The number of amides is 2. The van der Waals surface area contributed by atoms with E-state index in [0.29, 0.717) is 28.2 Å². The highest BCUT2D eigenvalue weighted by Gasteiger charge is 2.29. The molecule has 176 valence electrons. The van der Waals surface area contributed by atoms with Crippen molar-refractivity contribution in [2.45, 2.75) is 25.6 Å². The Morgan fingerprint density at radius 1 is 1.32 bits per heavy atom. The number of carboxylic acid groups (broad SMARTS) is 1. The van der Waals surface area contributed by atoms with Crippen molar-refractivity contribution in [1.29, 1.82) is 0 Å². The molecule has 1 aliphatic rings. The lowest BCUT2D eigenvalue weighted by Crippen LogP contribution is -2.39. The van der Waals surface area contributed by atoms with Crippen molar-refractivity contribution < 1.29 is 24.4 Å². The minimum atomic E-state index is -1.09. The van der Waals surface area contributed by atoms with Gasteiger partial charge in [0.2, 0.25) is 5.91 Å². The molecular weight excluding hydrogens is 444 g/mol. The van der Waals surface area contributed by atoms with Crippen molar-refractivity contribution in [3.63, 3.8) is 0 Å². The smallest absolute Gasteiger partial charge is 0.305 e. The van der Waals surface area contributed by atoms with Crippen LogP contribution in [-0.2, 0) is 22.7 Å². The minimum absolute atomic E-state index is 0.0963. The second-order valence-corrected chi connectivity index (χ2v) is 8.14. The van der Waals surface area contributed by atoms with E-state index in [1.165, 1.54) is 15.9 Å². The molecule has 0 saturated carbocycles. The van der Waals surface area contributed by atoms with Gasteiger partial charge >= 0.3 is 5.97 Å². The predicted molar refractivity (Wildman–Crippen MR) is 121 cm³/mol. The number of hydrogen-bond donors (Lipinski definition) is 3. The number of carbonyl (C=O) groups excluding carboxylic acids is 2. The van der Waals surface area contributed by atoms with Gasteiger partial charge in [-0.2, -0.15) is 0 Å². The fourth-order valence-corrected chi connectivity index (χ4v) is 3.97. The summed E-state index contributed by atoms with van der Waals surface area (Å²) in [4.78, 5) is 57.5. The average Bonchev–Trinajstić information content (AvgIpc) is 3.15. The van der Waals surface area contributed by atoms with Gasteiger partial charge in [-0.25, -0.2) is 4.98 Å². The fourth-order valence-electron chi connectivity index (χ4n) is 3.97. The predicted octanol–water partition coefficient (Wildman–Crippen LogP) is 1.97. The third kappa shape index (κ3) is 4.37. The van der Waals surface area contributed by atoms with E-state index >= 15 is 0 Å². The zero-order valence-electron chi connectivity index (χ0n) is 18.4. The molecule has 0 radical (unpaired) electrons. The summed E-state index contributed by atoms with van der Waals surface area (Å²) in [6, 6.07) is 8.63. The number of hydrogen-bond acceptors (Lipinski definition) is 7. The van der Waals surface area contributed by atoms with Crippen molar-refractivity contribution in [1.82, 2.24) is 19.8 Å². The number of anilines is 1. The minimum Gasteiger partial charge on any atom is -0.481 e. The summed E-state index contributed by atoms with van der Waals surface area (Å²) < 4.78 is 0. The topological polar surface area (TPSA) is 162 Å². The summed E-state index contributed by atoms with van der Waals surface area (Å²) in [5.41, 5.74) is 2.26. The van der Waals surface area contributed by atoms with Gasteiger partial charge in [0.1, 0.15) is 11.9 Å². The monoisotopic (exact) mass is 466 g/mol. The van der Waals surface area contributed by atoms with Gasteiger partial charge in [0.05, 0.1) is 23.4 Å². The van der Waals surface area contributed by atoms with E-state index in [4.69, 9.17) is 5.11 Å². The molecule has 1 aromatic heterocycles. The highest BCUT2D eigenvalue weighted by Crippen LogP contribution is 2.26. The Morgan fingerprint density at radius 3 is 2.79 bits per heavy atom. The molecule has 0 unspecified atom stereocenters. The van der Waals surface area contributed by atoms with Gasteiger partial charge in [-0.05, 0) is 29.8 Å². The van der Waals surface area contributed by atoms with E-state index in [1.54, 1.807) is 44.4 Å². The molecule has 1 aliphatic heterocycles. The number of non-ortho nitro benzene ring substituents is 1. The summed E-state index contributed by atoms with van der Waals surface area (Å²) in [6.45, 7) is 0.314. The Balaban J connectivity index is 1.55. The molecule has 0 fully saturated rings. The van der Waals surface area contributed by atoms with Gasteiger partial charge in [0.25, 0.3) is 11.6 Å². The molecule has 34 heavy (non-hydrogen) atoms. The Labute approximate surface area is 193 Å². The van der Waals surface area contributed by atoms with Crippen molar-refractivity contribution in [3.8, 4) is 0 Å². The van der Waals surface area contributed by atoms with Gasteiger partial charge in [-0.3, -0.25) is 24.5 Å². The molecule has 2 heterocycles. The molecule has 3 N–H and O–H groups in total. The number of benzene rings is 2. The number of nitrogens with one attached hydrogen (secondary N) is 2. The first kappa shape index (κ1) is 22.7. The molecular formula is C22H22N6O6. The summed E-state index contributed by atoms with van der Waals surface area (Å²) in [5.74, 6) is -1.34. The lowest BCUT2D eigenvalue weighted by atomic mass is 10.1. The van der Waals surface area contributed by atoms with E-state index in [2.05, 4.69) is 15.3 Å². The summed E-state index contributed by atoms with van der Waals surface area (Å²) in [6.07, 6.45) is -0.359. The molecule has 12 nitrogen and oxygen atoms in total. The van der Waals surface area contributed by atoms with E-state index in [0.717, 1.165) is 0 Å². The maximum atomic E-state index is 13.1. The van der Waals surface area contributed by atoms with Crippen molar-refractivity contribution >= 4 is 40.2 Å². The number of aliphatic carboxylic acids is 1. The van der Waals surface area contributed by atoms with Crippen LogP contribution in [0.3, 0.4) is 0 Å². The number of fused-ring (bicyclic) bond motifs is 2. The summed E-state index contributed by atoms with van der Waals surface area (Å²) >= 11 is 0. The summed E-state index contributed by atoms with van der Waals surface area (Å²) in [5, 5.41) is 23.3. The van der Waals surface area contributed by atoms with Crippen LogP contribution >= 0.6 is 0 Å². The second kappa shape index (κ2) is 8.81.